The second-order valence-electron chi connectivity index (χ2n) is 5.40. The Kier molecular flexibility index (Phi) is 3.30. The molecule has 2 rings (SSSR count). The maximum atomic E-state index is 12.3. The van der Waals surface area contributed by atoms with Crippen LogP contribution in [-0.4, -0.2) is 34.6 Å². The zero-order chi connectivity index (χ0) is 13.3. The van der Waals surface area contributed by atoms with E-state index in [4.69, 9.17) is 5.73 Å². The van der Waals surface area contributed by atoms with Crippen molar-refractivity contribution < 1.29 is 9.90 Å². The number of piperidine rings is 1. The smallest absolute Gasteiger partial charge is 0.254 e. The van der Waals surface area contributed by atoms with Gasteiger partial charge in [-0.05, 0) is 44.4 Å². The lowest BCUT2D eigenvalue weighted by Crippen LogP contribution is -2.48. The highest BCUT2D eigenvalue weighted by molar-refractivity contribution is 5.95. The number of β-amino-alcohol motifs (C(OH)–C–C–N with tert-alkyl or cyclic N) is 1. The molecule has 1 aliphatic rings. The van der Waals surface area contributed by atoms with Crippen LogP contribution in [0.2, 0.25) is 0 Å². The molecule has 1 heterocycles. The highest BCUT2D eigenvalue weighted by Gasteiger charge is 2.31. The van der Waals surface area contributed by atoms with E-state index in [1.807, 2.05) is 13.0 Å². The Morgan fingerprint density at radius 2 is 2.22 bits per heavy atom. The number of carbonyl (C=O) groups excluding carboxylic acids is 1. The van der Waals surface area contributed by atoms with Crippen LogP contribution in [0.15, 0.2) is 18.2 Å². The first kappa shape index (κ1) is 12.9. The van der Waals surface area contributed by atoms with Gasteiger partial charge in [-0.1, -0.05) is 6.07 Å². The van der Waals surface area contributed by atoms with E-state index in [2.05, 4.69) is 0 Å². The number of hydrogen-bond donors (Lipinski definition) is 2. The Morgan fingerprint density at radius 1 is 1.50 bits per heavy atom. The topological polar surface area (TPSA) is 66.6 Å². The van der Waals surface area contributed by atoms with Gasteiger partial charge in [-0.2, -0.15) is 0 Å². The Hall–Kier alpha value is -1.55. The number of likely N-dealkylation sites (tertiary alicyclic amines) is 1. The van der Waals surface area contributed by atoms with E-state index in [0.717, 1.165) is 18.4 Å². The summed E-state index contributed by atoms with van der Waals surface area (Å²) in [5, 5.41) is 10.0. The molecular formula is C14H20N2O2. The minimum absolute atomic E-state index is 0.0540. The van der Waals surface area contributed by atoms with Gasteiger partial charge in [0.2, 0.25) is 0 Å². The summed E-state index contributed by atoms with van der Waals surface area (Å²) in [6.07, 6.45) is 1.58. The van der Waals surface area contributed by atoms with E-state index >= 15 is 0 Å². The van der Waals surface area contributed by atoms with Crippen LogP contribution in [0.25, 0.3) is 0 Å². The van der Waals surface area contributed by atoms with Crippen LogP contribution in [-0.2, 0) is 0 Å². The third kappa shape index (κ3) is 2.64. The Labute approximate surface area is 107 Å². The fourth-order valence-corrected chi connectivity index (χ4v) is 2.35. The first-order valence-electron chi connectivity index (χ1n) is 6.27. The molecule has 1 aromatic rings. The van der Waals surface area contributed by atoms with Gasteiger partial charge < -0.3 is 15.7 Å². The third-order valence-electron chi connectivity index (χ3n) is 3.49. The van der Waals surface area contributed by atoms with Crippen molar-refractivity contribution in [1.82, 2.24) is 4.90 Å². The molecule has 18 heavy (non-hydrogen) atoms. The number of rotatable bonds is 1. The third-order valence-corrected chi connectivity index (χ3v) is 3.49. The second kappa shape index (κ2) is 4.61. The normalized spacial score (nSPS) is 24.1. The fourth-order valence-electron chi connectivity index (χ4n) is 2.35. The van der Waals surface area contributed by atoms with Crippen molar-refractivity contribution in [2.75, 3.05) is 18.8 Å². The highest BCUT2D eigenvalue weighted by atomic mass is 16.3. The minimum atomic E-state index is -0.774. The first-order valence-corrected chi connectivity index (χ1v) is 6.27. The van der Waals surface area contributed by atoms with E-state index in [1.54, 1.807) is 24.0 Å². The number of nitrogens with zero attached hydrogens (tertiary/aromatic N) is 1. The van der Waals surface area contributed by atoms with E-state index < -0.39 is 5.60 Å². The average Bonchev–Trinajstić information content (AvgIpc) is 2.30. The molecule has 98 valence electrons. The van der Waals surface area contributed by atoms with E-state index in [-0.39, 0.29) is 5.91 Å². The molecule has 4 heteroatoms. The molecule has 1 amide bonds. The van der Waals surface area contributed by atoms with Gasteiger partial charge in [0.15, 0.2) is 0 Å². The van der Waals surface area contributed by atoms with E-state index in [9.17, 15) is 9.90 Å². The van der Waals surface area contributed by atoms with Crippen molar-refractivity contribution in [3.05, 3.63) is 29.3 Å². The SMILES string of the molecule is Cc1ccc(C(=O)N2CCCC(C)(O)C2)cc1N. The Morgan fingerprint density at radius 3 is 2.83 bits per heavy atom. The summed E-state index contributed by atoms with van der Waals surface area (Å²) in [6.45, 7) is 4.77. The van der Waals surface area contributed by atoms with Gasteiger partial charge in [0.05, 0.1) is 5.60 Å². The van der Waals surface area contributed by atoms with Crippen molar-refractivity contribution in [2.45, 2.75) is 32.3 Å². The van der Waals surface area contributed by atoms with Gasteiger partial charge in [0, 0.05) is 24.3 Å². The van der Waals surface area contributed by atoms with Crippen molar-refractivity contribution in [3.8, 4) is 0 Å². The van der Waals surface area contributed by atoms with Crippen LogP contribution in [0.1, 0.15) is 35.7 Å². The molecule has 1 saturated heterocycles. The van der Waals surface area contributed by atoms with Crippen LogP contribution in [0.5, 0.6) is 0 Å². The maximum absolute atomic E-state index is 12.3. The van der Waals surface area contributed by atoms with Crippen molar-refractivity contribution in [1.29, 1.82) is 0 Å². The molecule has 0 radical (unpaired) electrons. The Balaban J connectivity index is 2.18. The number of hydrogen-bond acceptors (Lipinski definition) is 3. The number of nitrogens with two attached hydrogens (primary N) is 1. The lowest BCUT2D eigenvalue weighted by Gasteiger charge is -2.36. The van der Waals surface area contributed by atoms with Crippen LogP contribution in [0, 0.1) is 6.92 Å². The van der Waals surface area contributed by atoms with Crippen LogP contribution >= 0.6 is 0 Å². The molecule has 0 aromatic heterocycles. The van der Waals surface area contributed by atoms with Gasteiger partial charge in [-0.25, -0.2) is 0 Å². The predicted octanol–water partition coefficient (Wildman–Crippen LogP) is 1.56. The molecule has 1 fully saturated rings. The Bertz CT molecular complexity index is 469. The van der Waals surface area contributed by atoms with Crippen LogP contribution < -0.4 is 5.73 Å². The summed E-state index contributed by atoms with van der Waals surface area (Å²) in [7, 11) is 0. The number of carbonyl (C=O) groups is 1. The average molecular weight is 248 g/mol. The maximum Gasteiger partial charge on any atom is 0.254 e. The molecule has 3 N–H and O–H groups in total. The zero-order valence-electron chi connectivity index (χ0n) is 10.9. The number of aryl methyl sites for hydroxylation is 1. The van der Waals surface area contributed by atoms with E-state index in [1.165, 1.54) is 0 Å². The quantitative estimate of drug-likeness (QED) is 0.741. The van der Waals surface area contributed by atoms with Crippen LogP contribution in [0.4, 0.5) is 5.69 Å². The summed E-state index contributed by atoms with van der Waals surface area (Å²) in [6, 6.07) is 5.35. The van der Waals surface area contributed by atoms with E-state index in [0.29, 0.717) is 24.3 Å². The number of aliphatic hydroxyl groups is 1. The van der Waals surface area contributed by atoms with Gasteiger partial charge >= 0.3 is 0 Å². The summed E-state index contributed by atoms with van der Waals surface area (Å²) in [4.78, 5) is 14.0. The zero-order valence-corrected chi connectivity index (χ0v) is 10.9. The number of anilines is 1. The monoisotopic (exact) mass is 248 g/mol. The van der Waals surface area contributed by atoms with Gasteiger partial charge in [-0.3, -0.25) is 4.79 Å². The van der Waals surface area contributed by atoms with Crippen molar-refractivity contribution in [3.63, 3.8) is 0 Å². The van der Waals surface area contributed by atoms with Crippen molar-refractivity contribution in [2.24, 2.45) is 0 Å². The lowest BCUT2D eigenvalue weighted by molar-refractivity contribution is -0.0107. The fraction of sp³-hybridized carbons (Fsp3) is 0.500. The highest BCUT2D eigenvalue weighted by Crippen LogP contribution is 2.22. The molecule has 1 aromatic carbocycles. The molecule has 1 unspecified atom stereocenters. The molecule has 0 spiro atoms. The second-order valence-corrected chi connectivity index (χ2v) is 5.40. The van der Waals surface area contributed by atoms with Crippen molar-refractivity contribution >= 4 is 11.6 Å². The van der Waals surface area contributed by atoms with Gasteiger partial charge in [0.1, 0.15) is 0 Å². The first-order chi connectivity index (χ1) is 8.39. The summed E-state index contributed by atoms with van der Waals surface area (Å²) >= 11 is 0. The molecule has 1 atom stereocenters. The number of nitrogen functional groups attached to an aromatic ring is 1. The number of benzene rings is 1. The molecular weight excluding hydrogens is 228 g/mol. The largest absolute Gasteiger partial charge is 0.398 e. The molecule has 1 aliphatic heterocycles. The summed E-state index contributed by atoms with van der Waals surface area (Å²) < 4.78 is 0. The molecule has 4 nitrogen and oxygen atoms in total. The lowest BCUT2D eigenvalue weighted by atomic mass is 9.94. The minimum Gasteiger partial charge on any atom is -0.398 e. The predicted molar refractivity (Wildman–Crippen MR) is 71.4 cm³/mol. The van der Waals surface area contributed by atoms with Crippen LogP contribution in [0.3, 0.4) is 0 Å². The number of amides is 1. The van der Waals surface area contributed by atoms with Gasteiger partial charge in [-0.15, -0.1) is 0 Å². The molecule has 0 saturated carbocycles. The standard InChI is InChI=1S/C14H20N2O2/c1-10-4-5-11(8-12(10)15)13(17)16-7-3-6-14(2,18)9-16/h4-5,8,18H,3,6-7,9,15H2,1-2H3. The summed E-state index contributed by atoms with van der Waals surface area (Å²) in [5.41, 5.74) is 7.24. The molecule has 0 bridgehead atoms. The summed E-state index contributed by atoms with van der Waals surface area (Å²) in [5.74, 6) is -0.0540. The molecule has 0 aliphatic carbocycles. The van der Waals surface area contributed by atoms with Gasteiger partial charge in [0.25, 0.3) is 5.91 Å².